The molecule has 0 N–H and O–H groups in total. The summed E-state index contributed by atoms with van der Waals surface area (Å²) in [7, 11) is 0. The van der Waals surface area contributed by atoms with E-state index < -0.39 is 0 Å². The third-order valence-electron chi connectivity index (χ3n) is 6.43. The highest BCUT2D eigenvalue weighted by molar-refractivity contribution is 9.10. The molecular weight excluding hydrogens is 550 g/mol. The number of ether oxygens (including phenoxy) is 1. The van der Waals surface area contributed by atoms with E-state index in [4.69, 9.17) is 26.4 Å². The molecule has 0 spiro atoms. The Hall–Kier alpha value is -3.48. The maximum absolute atomic E-state index is 13.6. The normalized spacial score (nSPS) is 12.4. The van der Waals surface area contributed by atoms with Crippen molar-refractivity contribution in [3.05, 3.63) is 116 Å². The monoisotopic (exact) mass is 573 g/mol. The number of hydrogen-bond acceptors (Lipinski definition) is 4. The summed E-state index contributed by atoms with van der Waals surface area (Å²) in [6.07, 6.45) is 2.53. The van der Waals surface area contributed by atoms with E-state index in [0.717, 1.165) is 32.8 Å². The second-order valence-corrected chi connectivity index (χ2v) is 10.3. The maximum Gasteiger partial charge on any atom is 0.282 e. The van der Waals surface area contributed by atoms with Gasteiger partial charge in [0.2, 0.25) is 0 Å². The molecule has 0 fully saturated rings. The summed E-state index contributed by atoms with van der Waals surface area (Å²) in [5.74, 6) is 1.35. The van der Waals surface area contributed by atoms with Crippen LogP contribution in [0.3, 0.4) is 0 Å². The van der Waals surface area contributed by atoms with Crippen LogP contribution >= 0.6 is 27.5 Å². The Bertz CT molecular complexity index is 1680. The Morgan fingerprint density at radius 1 is 1.05 bits per heavy atom. The van der Waals surface area contributed by atoms with Crippen LogP contribution in [-0.4, -0.2) is 15.9 Å². The SMILES string of the molecule is CC[C@@H](C)c1nc2ccc(Br)cc2c(=O)n1N=Cc1c(OCc2ccc(Cl)cc2)ccc2ccccc12. The highest BCUT2D eigenvalue weighted by atomic mass is 79.9. The van der Waals surface area contributed by atoms with Crippen LogP contribution < -0.4 is 10.3 Å². The highest BCUT2D eigenvalue weighted by Gasteiger charge is 2.16. The largest absolute Gasteiger partial charge is 0.488 e. The van der Waals surface area contributed by atoms with E-state index in [9.17, 15) is 4.79 Å². The third kappa shape index (κ3) is 5.31. The van der Waals surface area contributed by atoms with E-state index in [2.05, 4.69) is 29.8 Å². The van der Waals surface area contributed by atoms with E-state index >= 15 is 0 Å². The van der Waals surface area contributed by atoms with Crippen molar-refractivity contribution in [2.45, 2.75) is 32.8 Å². The quantitative estimate of drug-likeness (QED) is 0.185. The molecule has 0 amide bonds. The number of benzene rings is 4. The van der Waals surface area contributed by atoms with E-state index in [1.807, 2.05) is 72.8 Å². The van der Waals surface area contributed by atoms with E-state index in [1.54, 1.807) is 12.3 Å². The van der Waals surface area contributed by atoms with Gasteiger partial charge in [-0.05, 0) is 59.2 Å². The van der Waals surface area contributed by atoms with Crippen LogP contribution in [0.15, 0.2) is 93.2 Å². The van der Waals surface area contributed by atoms with Crippen molar-refractivity contribution in [3.8, 4) is 5.75 Å². The molecule has 0 aliphatic rings. The zero-order valence-corrected chi connectivity index (χ0v) is 22.8. The lowest BCUT2D eigenvalue weighted by atomic mass is 10.0. The minimum atomic E-state index is -0.207. The van der Waals surface area contributed by atoms with Crippen LogP contribution in [-0.2, 0) is 6.61 Å². The number of fused-ring (bicyclic) bond motifs is 2. The van der Waals surface area contributed by atoms with Gasteiger partial charge in [0.25, 0.3) is 5.56 Å². The van der Waals surface area contributed by atoms with Crippen molar-refractivity contribution >= 4 is 55.4 Å². The fourth-order valence-corrected chi connectivity index (χ4v) is 4.66. The molecule has 0 aliphatic carbocycles. The Morgan fingerprint density at radius 2 is 1.84 bits per heavy atom. The second-order valence-electron chi connectivity index (χ2n) is 8.92. The minimum Gasteiger partial charge on any atom is -0.488 e. The van der Waals surface area contributed by atoms with Crippen molar-refractivity contribution in [2.24, 2.45) is 5.10 Å². The molecule has 0 bridgehead atoms. The molecule has 0 saturated carbocycles. The van der Waals surface area contributed by atoms with Gasteiger partial charge < -0.3 is 4.74 Å². The van der Waals surface area contributed by atoms with Crippen LogP contribution in [0.2, 0.25) is 5.02 Å². The molecular formula is C30H25BrClN3O2. The Kier molecular flexibility index (Phi) is 7.40. The van der Waals surface area contributed by atoms with Crippen LogP contribution in [0.25, 0.3) is 21.7 Å². The second kappa shape index (κ2) is 10.9. The van der Waals surface area contributed by atoms with Gasteiger partial charge in [0.15, 0.2) is 0 Å². The molecule has 5 aromatic rings. The highest BCUT2D eigenvalue weighted by Crippen LogP contribution is 2.28. The Balaban J connectivity index is 1.63. The van der Waals surface area contributed by atoms with Crippen LogP contribution in [0.1, 0.15) is 43.1 Å². The zero-order valence-electron chi connectivity index (χ0n) is 20.5. The van der Waals surface area contributed by atoms with E-state index in [0.29, 0.717) is 34.1 Å². The molecule has 1 atom stereocenters. The molecule has 1 heterocycles. The minimum absolute atomic E-state index is 0.0473. The van der Waals surface area contributed by atoms with Gasteiger partial charge in [0.1, 0.15) is 18.2 Å². The molecule has 7 heteroatoms. The average Bonchev–Trinajstić information content (AvgIpc) is 2.92. The topological polar surface area (TPSA) is 56.5 Å². The first kappa shape index (κ1) is 25.2. The predicted octanol–water partition coefficient (Wildman–Crippen LogP) is 7.94. The van der Waals surface area contributed by atoms with Crippen molar-refractivity contribution < 1.29 is 4.74 Å². The van der Waals surface area contributed by atoms with Gasteiger partial charge in [-0.15, -0.1) is 0 Å². The molecule has 0 aliphatic heterocycles. The predicted molar refractivity (Wildman–Crippen MR) is 155 cm³/mol. The van der Waals surface area contributed by atoms with Crippen LogP contribution in [0.5, 0.6) is 5.75 Å². The van der Waals surface area contributed by atoms with Gasteiger partial charge in [-0.1, -0.05) is 83.8 Å². The molecule has 4 aromatic carbocycles. The molecule has 37 heavy (non-hydrogen) atoms. The summed E-state index contributed by atoms with van der Waals surface area (Å²) in [6, 6.07) is 25.1. The Morgan fingerprint density at radius 3 is 2.62 bits per heavy atom. The van der Waals surface area contributed by atoms with E-state index in [-0.39, 0.29) is 11.5 Å². The van der Waals surface area contributed by atoms with Crippen molar-refractivity contribution in [2.75, 3.05) is 0 Å². The summed E-state index contributed by atoms with van der Waals surface area (Å²) in [6.45, 7) is 4.50. The molecule has 1 aromatic heterocycles. The van der Waals surface area contributed by atoms with Gasteiger partial charge in [-0.2, -0.15) is 9.78 Å². The fraction of sp³-hybridized carbons (Fsp3) is 0.167. The van der Waals surface area contributed by atoms with Gasteiger partial charge in [-0.25, -0.2) is 4.98 Å². The first-order chi connectivity index (χ1) is 17.9. The van der Waals surface area contributed by atoms with Crippen LogP contribution in [0, 0.1) is 0 Å². The Labute approximate surface area is 228 Å². The molecule has 5 nitrogen and oxygen atoms in total. The molecule has 0 unspecified atom stereocenters. The smallest absolute Gasteiger partial charge is 0.282 e. The summed E-state index contributed by atoms with van der Waals surface area (Å²) < 4.78 is 8.47. The van der Waals surface area contributed by atoms with Gasteiger partial charge in [0.05, 0.1) is 17.1 Å². The number of aromatic nitrogens is 2. The number of nitrogens with zero attached hydrogens (tertiary/aromatic N) is 3. The maximum atomic E-state index is 13.6. The van der Waals surface area contributed by atoms with Gasteiger partial charge >= 0.3 is 0 Å². The average molecular weight is 575 g/mol. The molecule has 0 radical (unpaired) electrons. The number of hydrogen-bond donors (Lipinski definition) is 0. The summed E-state index contributed by atoms with van der Waals surface area (Å²) >= 11 is 9.50. The number of halogens is 2. The van der Waals surface area contributed by atoms with Gasteiger partial charge in [-0.3, -0.25) is 4.79 Å². The lowest BCUT2D eigenvalue weighted by molar-refractivity contribution is 0.306. The molecule has 0 saturated heterocycles. The van der Waals surface area contributed by atoms with Crippen molar-refractivity contribution in [1.82, 2.24) is 9.66 Å². The standard InChI is InChI=1S/C30H25BrClN3O2/c1-3-19(2)29-34-27-14-11-22(31)16-25(27)30(36)35(29)33-17-26-24-7-5-4-6-21(24)10-15-28(26)37-18-20-8-12-23(32)13-9-20/h4-17,19H,3,18H2,1-2H3/t19-/m1/s1. The van der Waals surface area contributed by atoms with Gasteiger partial charge in [0, 0.05) is 21.0 Å². The summed E-state index contributed by atoms with van der Waals surface area (Å²) in [5, 5.41) is 7.93. The van der Waals surface area contributed by atoms with Crippen LogP contribution in [0.4, 0.5) is 0 Å². The molecule has 186 valence electrons. The lowest BCUT2D eigenvalue weighted by Crippen LogP contribution is -2.23. The van der Waals surface area contributed by atoms with Crippen molar-refractivity contribution in [1.29, 1.82) is 0 Å². The van der Waals surface area contributed by atoms with E-state index in [1.165, 1.54) is 4.68 Å². The fourth-order valence-electron chi connectivity index (χ4n) is 4.17. The first-order valence-corrected chi connectivity index (χ1v) is 13.3. The molecule has 5 rings (SSSR count). The summed E-state index contributed by atoms with van der Waals surface area (Å²) in [5.41, 5.74) is 2.25. The number of rotatable bonds is 7. The summed E-state index contributed by atoms with van der Waals surface area (Å²) in [4.78, 5) is 18.4. The lowest BCUT2D eigenvalue weighted by Gasteiger charge is -2.15. The zero-order chi connectivity index (χ0) is 25.9. The third-order valence-corrected chi connectivity index (χ3v) is 7.17. The first-order valence-electron chi connectivity index (χ1n) is 12.1. The van der Waals surface area contributed by atoms with Crippen molar-refractivity contribution in [3.63, 3.8) is 0 Å².